The van der Waals surface area contributed by atoms with E-state index in [-0.39, 0.29) is 45.2 Å². The average Bonchev–Trinajstić information content (AvgIpc) is 2.95. The van der Waals surface area contributed by atoms with Crippen molar-refractivity contribution in [3.05, 3.63) is 29.8 Å². The molecule has 1 aliphatic heterocycles. The molecule has 15 nitrogen and oxygen atoms in total. The maximum atomic E-state index is 12.3. The fraction of sp³-hybridized carbons (Fsp3) is 0.577. The Kier molecular flexibility index (Phi) is 13.9. The van der Waals surface area contributed by atoms with Gasteiger partial charge in [-0.3, -0.25) is 9.59 Å². The highest BCUT2D eigenvalue weighted by Crippen LogP contribution is 2.33. The van der Waals surface area contributed by atoms with Crippen molar-refractivity contribution < 1.29 is 64.0 Å². The molecule has 1 aliphatic rings. The molecule has 6 atom stereocenters. The monoisotopic (exact) mass is 584 g/mol. The van der Waals surface area contributed by atoms with Crippen LogP contribution in [0.15, 0.2) is 24.3 Å². The Bertz CT molecular complexity index is 1030. The molecule has 15 heteroatoms. The number of phenolic OH excluding ortho intramolecular Hbond substituents is 1. The van der Waals surface area contributed by atoms with Crippen molar-refractivity contribution in [2.45, 2.75) is 49.1 Å². The van der Waals surface area contributed by atoms with E-state index in [1.807, 2.05) is 0 Å². The highest BCUT2D eigenvalue weighted by atomic mass is 16.7. The Balaban J connectivity index is 2.08. The molecule has 0 bridgehead atoms. The number of aromatic hydroxyl groups is 1. The number of aliphatic hydroxyl groups excluding tert-OH is 4. The molecule has 0 unspecified atom stereocenters. The summed E-state index contributed by atoms with van der Waals surface area (Å²) in [5.74, 6) is -3.36. The van der Waals surface area contributed by atoms with Crippen molar-refractivity contribution >= 4 is 17.8 Å². The summed E-state index contributed by atoms with van der Waals surface area (Å²) in [4.78, 5) is 36.4. The van der Waals surface area contributed by atoms with Crippen LogP contribution in [0.3, 0.4) is 0 Å². The summed E-state index contributed by atoms with van der Waals surface area (Å²) >= 11 is 0. The molecule has 2 amide bonds. The highest BCUT2D eigenvalue weighted by Gasteiger charge is 2.55. The van der Waals surface area contributed by atoms with Crippen LogP contribution in [0.1, 0.15) is 12.0 Å². The molecule has 0 saturated carbocycles. The summed E-state index contributed by atoms with van der Waals surface area (Å²) in [6.45, 7) is -1.49. The number of nitrogens with one attached hydrogen (secondary N) is 2. The smallest absolute Gasteiger partial charge is 0.364 e. The lowest BCUT2D eigenvalue weighted by atomic mass is 9.88. The molecule has 2 rings (SSSR count). The molecule has 41 heavy (non-hydrogen) atoms. The number of carboxylic acids is 1. The van der Waals surface area contributed by atoms with Crippen molar-refractivity contribution in [3.63, 3.8) is 0 Å². The van der Waals surface area contributed by atoms with Gasteiger partial charge in [-0.2, -0.15) is 0 Å². The van der Waals surface area contributed by atoms with E-state index in [1.54, 1.807) is 0 Å². The van der Waals surface area contributed by atoms with Gasteiger partial charge in [-0.1, -0.05) is 18.1 Å². The minimum Gasteiger partial charge on any atom is -0.508 e. The number of benzene rings is 1. The second kappa shape index (κ2) is 16.8. The molecule has 1 fully saturated rings. The van der Waals surface area contributed by atoms with Gasteiger partial charge in [0, 0.05) is 13.0 Å². The lowest BCUT2D eigenvalue weighted by molar-refractivity contribution is -0.312. The van der Waals surface area contributed by atoms with E-state index in [9.17, 15) is 39.9 Å². The predicted octanol–water partition coefficient (Wildman–Crippen LogP) is -3.14. The molecule has 0 radical (unpaired) electrons. The fourth-order valence-electron chi connectivity index (χ4n) is 3.98. The van der Waals surface area contributed by atoms with Crippen molar-refractivity contribution in [1.82, 2.24) is 10.6 Å². The topological polar surface area (TPSA) is 234 Å². The number of phenols is 1. The Morgan fingerprint density at radius 2 is 1.76 bits per heavy atom. The van der Waals surface area contributed by atoms with Crippen LogP contribution >= 0.6 is 0 Å². The molecular formula is C26H36N2O13. The number of carbonyl (C=O) groups excluding carboxylic acids is 2. The summed E-state index contributed by atoms with van der Waals surface area (Å²) in [6.07, 6.45) is -2.85. The number of hydrogen-bond acceptors (Lipinski definition) is 12. The first kappa shape index (κ1) is 33.9. The molecule has 1 aromatic rings. The third-order valence-corrected chi connectivity index (χ3v) is 6.03. The van der Waals surface area contributed by atoms with Crippen LogP contribution in [0.4, 0.5) is 0 Å². The summed E-state index contributed by atoms with van der Waals surface area (Å²) in [5, 5.41) is 65.3. The van der Waals surface area contributed by atoms with Gasteiger partial charge < -0.3 is 60.2 Å². The first-order valence-corrected chi connectivity index (χ1v) is 12.7. The maximum Gasteiger partial charge on any atom is 0.364 e. The van der Waals surface area contributed by atoms with Gasteiger partial charge in [0.25, 0.3) is 5.79 Å². The van der Waals surface area contributed by atoms with Crippen LogP contribution in [0, 0.1) is 12.3 Å². The third kappa shape index (κ3) is 10.5. The fourth-order valence-corrected chi connectivity index (χ4v) is 3.98. The SMILES string of the molecule is C#CCOCCOCCO[C@]1(C(=O)O)C[C@H](O)[C@@H](NC(=O)CO)[C@H]([C@H](O)[C@H](O)CNC(=O)Cc2ccc(O)cc2)O1. The van der Waals surface area contributed by atoms with Crippen LogP contribution in [0.5, 0.6) is 5.75 Å². The van der Waals surface area contributed by atoms with Crippen molar-refractivity contribution in [2.24, 2.45) is 0 Å². The quantitative estimate of drug-likeness (QED) is 0.0669. The number of ether oxygens (including phenoxy) is 4. The molecule has 228 valence electrons. The van der Waals surface area contributed by atoms with Crippen LogP contribution in [0.2, 0.25) is 0 Å². The van der Waals surface area contributed by atoms with Crippen molar-refractivity contribution in [2.75, 3.05) is 46.2 Å². The molecule has 0 aliphatic carbocycles. The van der Waals surface area contributed by atoms with Gasteiger partial charge in [-0.25, -0.2) is 4.79 Å². The second-order valence-electron chi connectivity index (χ2n) is 9.09. The molecule has 1 heterocycles. The Hall–Kier alpha value is -3.33. The van der Waals surface area contributed by atoms with Crippen molar-refractivity contribution in [3.8, 4) is 18.1 Å². The van der Waals surface area contributed by atoms with Gasteiger partial charge >= 0.3 is 5.97 Å². The number of amides is 2. The van der Waals surface area contributed by atoms with E-state index >= 15 is 0 Å². The van der Waals surface area contributed by atoms with Gasteiger partial charge in [-0.15, -0.1) is 6.42 Å². The summed E-state index contributed by atoms with van der Waals surface area (Å²) in [7, 11) is 0. The first-order valence-electron chi connectivity index (χ1n) is 12.7. The number of rotatable bonds is 17. The maximum absolute atomic E-state index is 12.3. The third-order valence-electron chi connectivity index (χ3n) is 6.03. The van der Waals surface area contributed by atoms with Crippen LogP contribution in [-0.4, -0.2) is 131 Å². The normalized spacial score (nSPS) is 23.6. The van der Waals surface area contributed by atoms with Gasteiger partial charge in [0.15, 0.2) is 0 Å². The summed E-state index contributed by atoms with van der Waals surface area (Å²) in [5.41, 5.74) is 0.563. The minimum atomic E-state index is -2.50. The van der Waals surface area contributed by atoms with Crippen LogP contribution < -0.4 is 10.6 Å². The highest BCUT2D eigenvalue weighted by molar-refractivity contribution is 5.79. The summed E-state index contributed by atoms with van der Waals surface area (Å²) < 4.78 is 21.3. The minimum absolute atomic E-state index is 0.0184. The van der Waals surface area contributed by atoms with E-state index in [0.29, 0.717) is 5.56 Å². The Morgan fingerprint density at radius 1 is 1.10 bits per heavy atom. The molecular weight excluding hydrogens is 548 g/mol. The van der Waals surface area contributed by atoms with E-state index in [1.165, 1.54) is 24.3 Å². The predicted molar refractivity (Wildman–Crippen MR) is 138 cm³/mol. The van der Waals surface area contributed by atoms with Crippen molar-refractivity contribution in [1.29, 1.82) is 0 Å². The lowest BCUT2D eigenvalue weighted by Gasteiger charge is -2.46. The van der Waals surface area contributed by atoms with Gasteiger partial charge in [0.1, 0.15) is 31.2 Å². The largest absolute Gasteiger partial charge is 0.508 e. The second-order valence-corrected chi connectivity index (χ2v) is 9.09. The Labute approximate surface area is 236 Å². The zero-order chi connectivity index (χ0) is 30.4. The van der Waals surface area contributed by atoms with E-state index in [2.05, 4.69) is 16.6 Å². The van der Waals surface area contributed by atoms with Crippen LogP contribution in [0.25, 0.3) is 0 Å². The zero-order valence-electron chi connectivity index (χ0n) is 22.2. The zero-order valence-corrected chi connectivity index (χ0v) is 22.2. The van der Waals surface area contributed by atoms with Gasteiger partial charge in [0.2, 0.25) is 11.8 Å². The number of carbonyl (C=O) groups is 3. The van der Waals surface area contributed by atoms with E-state index in [4.69, 9.17) is 30.5 Å². The number of aliphatic carboxylic acids is 1. The van der Waals surface area contributed by atoms with Crippen LogP contribution in [-0.2, 0) is 39.8 Å². The van der Waals surface area contributed by atoms with Gasteiger partial charge in [0.05, 0.1) is 51.1 Å². The Morgan fingerprint density at radius 3 is 2.39 bits per heavy atom. The van der Waals surface area contributed by atoms with E-state index in [0.717, 1.165) is 0 Å². The molecule has 0 aromatic heterocycles. The first-order chi connectivity index (χ1) is 19.5. The lowest BCUT2D eigenvalue weighted by Crippen LogP contribution is -2.68. The summed E-state index contributed by atoms with van der Waals surface area (Å²) in [6, 6.07) is 4.37. The molecule has 0 spiro atoms. The number of hydrogen-bond donors (Lipinski definition) is 8. The number of carboxylic acid groups (broad SMARTS) is 1. The number of terminal acetylenes is 1. The molecule has 1 saturated heterocycles. The van der Waals surface area contributed by atoms with Gasteiger partial charge in [-0.05, 0) is 17.7 Å². The number of aliphatic hydroxyl groups is 4. The average molecular weight is 585 g/mol. The molecule has 8 N–H and O–H groups in total. The standard InChI is InChI=1S/C26H36N2O13/c1-2-7-38-8-9-39-10-11-40-26(25(36)37)13-18(31)22(28-21(34)15-29)24(41-26)23(35)19(32)14-27-20(33)12-16-3-5-17(30)6-4-16/h1,3-6,18-19,22-24,29-32,35H,7-15H2,(H,27,33)(H,28,34)(H,36,37)/t18-,19+,22+,23+,24+,26+/m0/s1. The van der Waals surface area contributed by atoms with E-state index < -0.39 is 73.6 Å². The molecule has 1 aromatic carbocycles.